The van der Waals surface area contributed by atoms with Crippen LogP contribution in [0.3, 0.4) is 0 Å². The highest BCUT2D eigenvalue weighted by atomic mass is 19.1. The molecule has 1 aromatic rings. The van der Waals surface area contributed by atoms with Gasteiger partial charge < -0.3 is 10.4 Å². The van der Waals surface area contributed by atoms with E-state index in [1.165, 1.54) is 12.1 Å². The van der Waals surface area contributed by atoms with Crippen molar-refractivity contribution in [1.29, 1.82) is 0 Å². The van der Waals surface area contributed by atoms with Crippen molar-refractivity contribution < 1.29 is 19.1 Å². The molecular formula is C15H20FNO3. The monoisotopic (exact) mass is 281 g/mol. The fourth-order valence-electron chi connectivity index (χ4n) is 1.96. The van der Waals surface area contributed by atoms with Crippen LogP contribution < -0.4 is 5.32 Å². The van der Waals surface area contributed by atoms with Gasteiger partial charge in [-0.2, -0.15) is 0 Å². The Bertz CT molecular complexity index is 488. The molecule has 0 aliphatic heterocycles. The van der Waals surface area contributed by atoms with Crippen molar-refractivity contribution in [1.82, 2.24) is 5.32 Å². The number of amides is 1. The van der Waals surface area contributed by atoms with E-state index in [0.717, 1.165) is 0 Å². The number of nitrogens with one attached hydrogen (secondary N) is 1. The van der Waals surface area contributed by atoms with Gasteiger partial charge in [0.1, 0.15) is 11.9 Å². The molecule has 0 bridgehead atoms. The summed E-state index contributed by atoms with van der Waals surface area (Å²) in [5.74, 6) is -2.62. The number of benzene rings is 1. The van der Waals surface area contributed by atoms with E-state index in [9.17, 15) is 14.0 Å². The van der Waals surface area contributed by atoms with E-state index in [-0.39, 0.29) is 11.5 Å². The molecule has 0 saturated heterocycles. The molecule has 20 heavy (non-hydrogen) atoms. The summed E-state index contributed by atoms with van der Waals surface area (Å²) in [7, 11) is 0. The van der Waals surface area contributed by atoms with Crippen LogP contribution in [0.5, 0.6) is 0 Å². The zero-order valence-corrected chi connectivity index (χ0v) is 11.9. The van der Waals surface area contributed by atoms with Gasteiger partial charge in [0.05, 0.1) is 5.92 Å². The average molecular weight is 281 g/mol. The SMILES string of the molecule is CC(C)C[C@@H](NC(=O)C(C)c1ccccc1F)C(=O)O. The minimum Gasteiger partial charge on any atom is -0.480 e. The van der Waals surface area contributed by atoms with Crippen LogP contribution in [0, 0.1) is 11.7 Å². The van der Waals surface area contributed by atoms with Crippen molar-refractivity contribution in [2.75, 3.05) is 0 Å². The second-order valence-electron chi connectivity index (χ2n) is 5.27. The van der Waals surface area contributed by atoms with Crippen LogP contribution in [-0.4, -0.2) is 23.0 Å². The Hall–Kier alpha value is -1.91. The summed E-state index contributed by atoms with van der Waals surface area (Å²) in [6, 6.07) is 5.05. The summed E-state index contributed by atoms with van der Waals surface area (Å²) in [5.41, 5.74) is 0.263. The van der Waals surface area contributed by atoms with Crippen LogP contribution in [0.1, 0.15) is 38.7 Å². The second kappa shape index (κ2) is 7.03. The molecule has 5 heteroatoms. The van der Waals surface area contributed by atoms with Crippen molar-refractivity contribution in [3.8, 4) is 0 Å². The quantitative estimate of drug-likeness (QED) is 0.842. The summed E-state index contributed by atoms with van der Waals surface area (Å²) >= 11 is 0. The molecular weight excluding hydrogens is 261 g/mol. The molecule has 0 aromatic heterocycles. The molecule has 1 unspecified atom stereocenters. The Balaban J connectivity index is 2.79. The maximum Gasteiger partial charge on any atom is 0.326 e. The van der Waals surface area contributed by atoms with Gasteiger partial charge in [-0.1, -0.05) is 32.0 Å². The largest absolute Gasteiger partial charge is 0.480 e. The molecule has 1 rings (SSSR count). The minimum absolute atomic E-state index is 0.139. The first-order valence-corrected chi connectivity index (χ1v) is 6.60. The van der Waals surface area contributed by atoms with Crippen LogP contribution in [-0.2, 0) is 9.59 Å². The summed E-state index contributed by atoms with van der Waals surface area (Å²) in [4.78, 5) is 23.2. The lowest BCUT2D eigenvalue weighted by Gasteiger charge is -2.19. The molecule has 2 atom stereocenters. The van der Waals surface area contributed by atoms with Gasteiger partial charge in [0.15, 0.2) is 0 Å². The van der Waals surface area contributed by atoms with Crippen molar-refractivity contribution in [3.05, 3.63) is 35.6 Å². The highest BCUT2D eigenvalue weighted by molar-refractivity contribution is 5.87. The van der Waals surface area contributed by atoms with E-state index in [0.29, 0.717) is 6.42 Å². The van der Waals surface area contributed by atoms with Crippen LogP contribution in [0.2, 0.25) is 0 Å². The first kappa shape index (κ1) is 16.1. The lowest BCUT2D eigenvalue weighted by Crippen LogP contribution is -2.43. The number of aliphatic carboxylic acids is 1. The number of carboxylic acid groups (broad SMARTS) is 1. The number of hydrogen-bond acceptors (Lipinski definition) is 2. The molecule has 0 saturated carbocycles. The first-order valence-electron chi connectivity index (χ1n) is 6.60. The third kappa shape index (κ3) is 4.33. The molecule has 110 valence electrons. The van der Waals surface area contributed by atoms with Gasteiger partial charge in [0.2, 0.25) is 5.91 Å². The lowest BCUT2D eigenvalue weighted by atomic mass is 9.98. The van der Waals surface area contributed by atoms with Crippen molar-refractivity contribution >= 4 is 11.9 Å². The zero-order valence-electron chi connectivity index (χ0n) is 11.9. The van der Waals surface area contributed by atoms with Gasteiger partial charge in [0, 0.05) is 0 Å². The average Bonchev–Trinajstić information content (AvgIpc) is 2.37. The number of carboxylic acids is 1. The molecule has 0 spiro atoms. The van der Waals surface area contributed by atoms with Crippen LogP contribution >= 0.6 is 0 Å². The molecule has 2 N–H and O–H groups in total. The predicted octanol–water partition coefficient (Wildman–Crippen LogP) is 2.54. The van der Waals surface area contributed by atoms with E-state index in [1.54, 1.807) is 19.1 Å². The Kier molecular flexibility index (Phi) is 5.67. The minimum atomic E-state index is -1.08. The van der Waals surface area contributed by atoms with Gasteiger partial charge in [0.25, 0.3) is 0 Å². The van der Waals surface area contributed by atoms with Gasteiger partial charge >= 0.3 is 5.97 Å². The summed E-state index contributed by atoms with van der Waals surface area (Å²) < 4.78 is 13.6. The smallest absolute Gasteiger partial charge is 0.326 e. The lowest BCUT2D eigenvalue weighted by molar-refractivity contribution is -0.142. The molecule has 0 aliphatic rings. The number of halogens is 1. The van der Waals surface area contributed by atoms with E-state index >= 15 is 0 Å². The topological polar surface area (TPSA) is 66.4 Å². The fraction of sp³-hybridized carbons (Fsp3) is 0.467. The van der Waals surface area contributed by atoms with Gasteiger partial charge in [-0.25, -0.2) is 9.18 Å². The Morgan fingerprint density at radius 3 is 2.35 bits per heavy atom. The first-order chi connectivity index (χ1) is 9.32. The molecule has 0 radical (unpaired) electrons. The molecule has 0 heterocycles. The maximum atomic E-state index is 13.6. The van der Waals surface area contributed by atoms with Crippen molar-refractivity contribution in [3.63, 3.8) is 0 Å². The maximum absolute atomic E-state index is 13.6. The van der Waals surface area contributed by atoms with Gasteiger partial charge in [-0.05, 0) is 30.9 Å². The molecule has 4 nitrogen and oxygen atoms in total. The van der Waals surface area contributed by atoms with Gasteiger partial charge in [-0.15, -0.1) is 0 Å². The number of hydrogen-bond donors (Lipinski definition) is 2. The number of rotatable bonds is 6. The van der Waals surface area contributed by atoms with Crippen LogP contribution in [0.4, 0.5) is 4.39 Å². The third-order valence-corrected chi connectivity index (χ3v) is 3.09. The van der Waals surface area contributed by atoms with Crippen LogP contribution in [0.15, 0.2) is 24.3 Å². The Morgan fingerprint density at radius 1 is 1.25 bits per heavy atom. The van der Waals surface area contributed by atoms with Gasteiger partial charge in [-0.3, -0.25) is 4.79 Å². The summed E-state index contributed by atoms with van der Waals surface area (Å²) in [5, 5.41) is 11.6. The molecule has 1 aromatic carbocycles. The molecule has 1 amide bonds. The predicted molar refractivity (Wildman–Crippen MR) is 73.8 cm³/mol. The number of carbonyl (C=O) groups excluding carboxylic acids is 1. The summed E-state index contributed by atoms with van der Waals surface area (Å²) in [6.07, 6.45) is 0.338. The fourth-order valence-corrected chi connectivity index (χ4v) is 1.96. The molecule has 0 aliphatic carbocycles. The van der Waals surface area contributed by atoms with Crippen LogP contribution in [0.25, 0.3) is 0 Å². The van der Waals surface area contributed by atoms with E-state index < -0.39 is 29.7 Å². The Labute approximate surface area is 118 Å². The summed E-state index contributed by atoms with van der Waals surface area (Å²) in [6.45, 7) is 5.31. The van der Waals surface area contributed by atoms with E-state index in [2.05, 4.69) is 5.32 Å². The highest BCUT2D eigenvalue weighted by Crippen LogP contribution is 2.19. The highest BCUT2D eigenvalue weighted by Gasteiger charge is 2.25. The van der Waals surface area contributed by atoms with E-state index in [1.807, 2.05) is 13.8 Å². The van der Waals surface area contributed by atoms with Crippen molar-refractivity contribution in [2.45, 2.75) is 39.2 Å². The standard InChI is InChI=1S/C15H20FNO3/c1-9(2)8-13(15(19)20)17-14(18)10(3)11-6-4-5-7-12(11)16/h4-7,9-10,13H,8H2,1-3H3,(H,17,18)(H,19,20)/t10?,13-/m1/s1. The normalized spacial score (nSPS) is 13.8. The zero-order chi connectivity index (χ0) is 15.3. The van der Waals surface area contributed by atoms with Crippen molar-refractivity contribution in [2.24, 2.45) is 5.92 Å². The Morgan fingerprint density at radius 2 is 1.85 bits per heavy atom. The third-order valence-electron chi connectivity index (χ3n) is 3.09. The molecule has 0 fully saturated rings. The van der Waals surface area contributed by atoms with E-state index in [4.69, 9.17) is 5.11 Å². The second-order valence-corrected chi connectivity index (χ2v) is 5.27. The number of carbonyl (C=O) groups is 2.